The highest BCUT2D eigenvalue weighted by molar-refractivity contribution is 5.41. The van der Waals surface area contributed by atoms with Crippen molar-refractivity contribution in [3.8, 4) is 0 Å². The summed E-state index contributed by atoms with van der Waals surface area (Å²) in [4.78, 5) is 0. The van der Waals surface area contributed by atoms with Gasteiger partial charge in [-0.05, 0) is 41.9 Å². The number of aryl methyl sites for hydroxylation is 1. The van der Waals surface area contributed by atoms with Crippen LogP contribution < -0.4 is 0 Å². The van der Waals surface area contributed by atoms with Crippen LogP contribution in [0.15, 0.2) is 18.2 Å². The first-order valence-corrected chi connectivity index (χ1v) is 5.67. The Labute approximate surface area is 92.1 Å². The molecule has 82 valence electrons. The molecule has 1 heteroatoms. The van der Waals surface area contributed by atoms with Crippen LogP contribution in [0.2, 0.25) is 0 Å². The smallest absolute Gasteiger partial charge is 0.0874 e. The molecule has 0 radical (unpaired) electrons. The third-order valence-corrected chi connectivity index (χ3v) is 3.44. The maximum absolute atomic E-state index is 10.2. The van der Waals surface area contributed by atoms with Crippen molar-refractivity contribution in [2.45, 2.75) is 51.6 Å². The lowest BCUT2D eigenvalue weighted by Gasteiger charge is -2.23. The number of hydrogen-bond acceptors (Lipinski definition) is 1. The summed E-state index contributed by atoms with van der Waals surface area (Å²) in [6, 6.07) is 6.56. The maximum atomic E-state index is 10.2. The predicted molar refractivity (Wildman–Crippen MR) is 63.0 cm³/mol. The first kappa shape index (κ1) is 10.7. The zero-order valence-corrected chi connectivity index (χ0v) is 10.1. The molecule has 15 heavy (non-hydrogen) atoms. The van der Waals surface area contributed by atoms with E-state index < -0.39 is 5.60 Å². The summed E-state index contributed by atoms with van der Waals surface area (Å²) < 4.78 is 0. The normalized spacial score (nSPS) is 25.4. The lowest BCUT2D eigenvalue weighted by molar-refractivity contribution is 0.0593. The standard InChI is InChI=1S/C14H20O/c1-13(2,3)11-6-5-10-7-8-14(4,15)12(10)9-11/h5-6,9,15H,7-8H2,1-4H3. The summed E-state index contributed by atoms with van der Waals surface area (Å²) in [5, 5.41) is 10.2. The zero-order chi connectivity index (χ0) is 11.3. The van der Waals surface area contributed by atoms with Crippen molar-refractivity contribution in [3.63, 3.8) is 0 Å². The lowest BCUT2D eigenvalue weighted by atomic mass is 9.84. The quantitative estimate of drug-likeness (QED) is 0.688. The second kappa shape index (κ2) is 3.08. The third-order valence-electron chi connectivity index (χ3n) is 3.44. The van der Waals surface area contributed by atoms with Crippen molar-refractivity contribution in [1.82, 2.24) is 0 Å². The molecule has 1 N–H and O–H groups in total. The van der Waals surface area contributed by atoms with E-state index in [9.17, 15) is 5.11 Å². The molecule has 0 fully saturated rings. The predicted octanol–water partition coefficient (Wildman–Crippen LogP) is 3.14. The van der Waals surface area contributed by atoms with Gasteiger partial charge in [0.1, 0.15) is 0 Å². The van der Waals surface area contributed by atoms with Gasteiger partial charge in [-0.15, -0.1) is 0 Å². The Morgan fingerprint density at radius 3 is 2.53 bits per heavy atom. The summed E-state index contributed by atoms with van der Waals surface area (Å²) in [6.45, 7) is 8.54. The third kappa shape index (κ3) is 1.81. The van der Waals surface area contributed by atoms with Crippen LogP contribution in [0.1, 0.15) is 50.8 Å². The molecule has 0 aliphatic heterocycles. The van der Waals surface area contributed by atoms with Gasteiger partial charge in [-0.3, -0.25) is 0 Å². The molecule has 0 bridgehead atoms. The highest BCUT2D eigenvalue weighted by Crippen LogP contribution is 2.38. The lowest BCUT2D eigenvalue weighted by Crippen LogP contribution is -2.18. The van der Waals surface area contributed by atoms with Crippen LogP contribution >= 0.6 is 0 Å². The first-order valence-electron chi connectivity index (χ1n) is 5.67. The maximum Gasteiger partial charge on any atom is 0.0874 e. The molecule has 0 saturated carbocycles. The second-order valence-corrected chi connectivity index (χ2v) is 5.90. The Bertz CT molecular complexity index is 383. The second-order valence-electron chi connectivity index (χ2n) is 5.90. The number of aliphatic hydroxyl groups is 1. The van der Waals surface area contributed by atoms with E-state index >= 15 is 0 Å². The Morgan fingerprint density at radius 2 is 1.93 bits per heavy atom. The van der Waals surface area contributed by atoms with E-state index in [0.29, 0.717) is 0 Å². The summed E-state index contributed by atoms with van der Waals surface area (Å²) in [7, 11) is 0. The van der Waals surface area contributed by atoms with Crippen molar-refractivity contribution in [1.29, 1.82) is 0 Å². The molecule has 1 atom stereocenters. The average molecular weight is 204 g/mol. The monoisotopic (exact) mass is 204 g/mol. The Morgan fingerprint density at radius 1 is 1.27 bits per heavy atom. The Kier molecular flexibility index (Phi) is 2.20. The number of rotatable bonds is 0. The van der Waals surface area contributed by atoms with Crippen LogP contribution in [0, 0.1) is 0 Å². The van der Waals surface area contributed by atoms with Crippen molar-refractivity contribution in [2.75, 3.05) is 0 Å². The topological polar surface area (TPSA) is 20.2 Å². The Hall–Kier alpha value is -0.820. The molecule has 1 unspecified atom stereocenters. The highest BCUT2D eigenvalue weighted by Gasteiger charge is 2.32. The fourth-order valence-electron chi connectivity index (χ4n) is 2.28. The average Bonchev–Trinajstić information content (AvgIpc) is 2.41. The van der Waals surface area contributed by atoms with Crippen molar-refractivity contribution >= 4 is 0 Å². The van der Waals surface area contributed by atoms with Gasteiger partial charge in [0.15, 0.2) is 0 Å². The minimum Gasteiger partial charge on any atom is -0.385 e. The molecule has 2 rings (SSSR count). The van der Waals surface area contributed by atoms with E-state index in [2.05, 4.69) is 39.0 Å². The van der Waals surface area contributed by atoms with E-state index in [4.69, 9.17) is 0 Å². The van der Waals surface area contributed by atoms with Gasteiger partial charge in [0.25, 0.3) is 0 Å². The van der Waals surface area contributed by atoms with Gasteiger partial charge in [0.05, 0.1) is 5.60 Å². The fourth-order valence-corrected chi connectivity index (χ4v) is 2.28. The van der Waals surface area contributed by atoms with E-state index in [1.807, 2.05) is 6.92 Å². The molecule has 1 aromatic rings. The summed E-state index contributed by atoms with van der Waals surface area (Å²) in [5.41, 5.74) is 3.30. The van der Waals surface area contributed by atoms with Crippen LogP contribution in [0.4, 0.5) is 0 Å². The van der Waals surface area contributed by atoms with E-state index in [1.54, 1.807) is 0 Å². The molecule has 1 aromatic carbocycles. The molecular weight excluding hydrogens is 184 g/mol. The molecule has 0 saturated heterocycles. The number of fused-ring (bicyclic) bond motifs is 1. The molecule has 1 aliphatic carbocycles. The molecule has 1 nitrogen and oxygen atoms in total. The van der Waals surface area contributed by atoms with Gasteiger partial charge >= 0.3 is 0 Å². The van der Waals surface area contributed by atoms with Crippen molar-refractivity contribution < 1.29 is 5.11 Å². The van der Waals surface area contributed by atoms with Crippen LogP contribution in [0.25, 0.3) is 0 Å². The minimum absolute atomic E-state index is 0.160. The van der Waals surface area contributed by atoms with Crippen LogP contribution in [0.3, 0.4) is 0 Å². The van der Waals surface area contributed by atoms with Gasteiger partial charge < -0.3 is 5.11 Å². The first-order chi connectivity index (χ1) is 6.81. The molecule has 0 amide bonds. The van der Waals surface area contributed by atoms with Gasteiger partial charge in [-0.2, -0.15) is 0 Å². The zero-order valence-electron chi connectivity index (χ0n) is 10.1. The van der Waals surface area contributed by atoms with Crippen LogP contribution in [-0.4, -0.2) is 5.11 Å². The van der Waals surface area contributed by atoms with Crippen LogP contribution in [-0.2, 0) is 17.4 Å². The van der Waals surface area contributed by atoms with Gasteiger partial charge in [-0.1, -0.05) is 39.0 Å². The molecule has 0 heterocycles. The van der Waals surface area contributed by atoms with Gasteiger partial charge in [0.2, 0.25) is 0 Å². The number of benzene rings is 1. The minimum atomic E-state index is -0.614. The Balaban J connectivity index is 2.51. The largest absolute Gasteiger partial charge is 0.385 e. The summed E-state index contributed by atoms with van der Waals surface area (Å²) in [5.74, 6) is 0. The van der Waals surface area contributed by atoms with Crippen LogP contribution in [0.5, 0.6) is 0 Å². The summed E-state index contributed by atoms with van der Waals surface area (Å²) >= 11 is 0. The number of hydrogen-bond donors (Lipinski definition) is 1. The molecule has 0 aromatic heterocycles. The highest BCUT2D eigenvalue weighted by atomic mass is 16.3. The van der Waals surface area contributed by atoms with Crippen molar-refractivity contribution in [3.05, 3.63) is 34.9 Å². The van der Waals surface area contributed by atoms with E-state index in [1.165, 1.54) is 11.1 Å². The molecular formula is C14H20O. The summed E-state index contributed by atoms with van der Waals surface area (Å²) in [6.07, 6.45) is 1.86. The van der Waals surface area contributed by atoms with Crippen molar-refractivity contribution in [2.24, 2.45) is 0 Å². The SMILES string of the molecule is CC(C)(C)c1ccc2c(c1)C(C)(O)CC2. The molecule has 0 spiro atoms. The van der Waals surface area contributed by atoms with Gasteiger partial charge in [0, 0.05) is 0 Å². The van der Waals surface area contributed by atoms with Gasteiger partial charge in [-0.25, -0.2) is 0 Å². The van der Waals surface area contributed by atoms with E-state index in [-0.39, 0.29) is 5.41 Å². The van der Waals surface area contributed by atoms with E-state index in [0.717, 1.165) is 18.4 Å². The molecule has 1 aliphatic rings. The fraction of sp³-hybridized carbons (Fsp3) is 0.571.